The lowest BCUT2D eigenvalue weighted by atomic mass is 10.2. The Morgan fingerprint density at radius 1 is 0.763 bits per heavy atom. The Labute approximate surface area is 227 Å². The van der Waals surface area contributed by atoms with Crippen molar-refractivity contribution in [3.63, 3.8) is 0 Å². The molecule has 0 saturated carbocycles. The zero-order valence-electron chi connectivity index (χ0n) is 19.4. The van der Waals surface area contributed by atoms with Crippen LogP contribution in [0.4, 0.5) is 0 Å². The summed E-state index contributed by atoms with van der Waals surface area (Å²) >= 11 is 11.8. The second kappa shape index (κ2) is 12.1. The van der Waals surface area contributed by atoms with E-state index in [9.17, 15) is 19.5 Å². The van der Waals surface area contributed by atoms with E-state index >= 15 is 0 Å². The maximum atomic E-state index is 12.7. The van der Waals surface area contributed by atoms with E-state index < -0.39 is 17.8 Å². The molecule has 10 heteroatoms. The number of esters is 2. The zero-order valence-corrected chi connectivity index (χ0v) is 20.9. The molecule has 2 N–H and O–H groups in total. The number of para-hydroxylation sites is 1. The van der Waals surface area contributed by atoms with Crippen molar-refractivity contribution < 1.29 is 29.0 Å². The van der Waals surface area contributed by atoms with Crippen LogP contribution in [0.1, 0.15) is 36.6 Å². The molecule has 0 bridgehead atoms. The van der Waals surface area contributed by atoms with Crippen LogP contribution in [-0.2, 0) is 0 Å². The van der Waals surface area contributed by atoms with E-state index in [1.165, 1.54) is 60.8 Å². The standard InChI is InChI=1S/C28H18Cl2N2O6/c29-20-10-5-17(6-11-20)27(35)37-22-14-9-19(16-31-32-26(34)23-3-1-2-4-24(23)33)25(15-22)38-28(36)18-7-12-21(30)13-8-18/h1-16,33H,(H,32,34)/b31-16-. The van der Waals surface area contributed by atoms with Crippen LogP contribution >= 0.6 is 23.2 Å². The fraction of sp³-hybridized carbons (Fsp3) is 0. The topological polar surface area (TPSA) is 114 Å². The smallest absolute Gasteiger partial charge is 0.343 e. The first-order valence-electron chi connectivity index (χ1n) is 11.0. The van der Waals surface area contributed by atoms with Gasteiger partial charge in [0.25, 0.3) is 5.91 Å². The van der Waals surface area contributed by atoms with Crippen LogP contribution in [0.2, 0.25) is 10.0 Å². The molecular weight excluding hydrogens is 531 g/mol. The number of phenols is 1. The van der Waals surface area contributed by atoms with Gasteiger partial charge < -0.3 is 14.6 Å². The third kappa shape index (κ3) is 6.76. The Bertz CT molecular complexity index is 1520. The van der Waals surface area contributed by atoms with E-state index in [4.69, 9.17) is 32.7 Å². The second-order valence-corrected chi connectivity index (χ2v) is 8.58. The number of phenolic OH excluding ortho intramolecular Hbond substituents is 1. The van der Waals surface area contributed by atoms with Crippen molar-refractivity contribution in [1.82, 2.24) is 5.43 Å². The number of rotatable bonds is 7. The van der Waals surface area contributed by atoms with E-state index in [1.807, 2.05) is 0 Å². The van der Waals surface area contributed by atoms with Gasteiger partial charge in [0.1, 0.15) is 17.2 Å². The third-order valence-electron chi connectivity index (χ3n) is 5.08. The molecule has 8 nitrogen and oxygen atoms in total. The van der Waals surface area contributed by atoms with Crippen LogP contribution in [-0.4, -0.2) is 29.2 Å². The number of nitrogens with one attached hydrogen (secondary N) is 1. The first-order valence-corrected chi connectivity index (χ1v) is 11.8. The molecule has 0 atom stereocenters. The maximum Gasteiger partial charge on any atom is 0.343 e. The molecule has 0 saturated heterocycles. The van der Waals surface area contributed by atoms with E-state index in [1.54, 1.807) is 36.4 Å². The van der Waals surface area contributed by atoms with Crippen LogP contribution < -0.4 is 14.9 Å². The number of hydrogen-bond donors (Lipinski definition) is 2. The van der Waals surface area contributed by atoms with Gasteiger partial charge >= 0.3 is 11.9 Å². The molecule has 4 aromatic rings. The predicted octanol–water partition coefficient (Wildman–Crippen LogP) is 5.90. The lowest BCUT2D eigenvalue weighted by molar-refractivity contribution is 0.0732. The summed E-state index contributed by atoms with van der Waals surface area (Å²) in [4.78, 5) is 37.6. The quantitative estimate of drug-likeness (QED) is 0.128. The molecule has 1 amide bonds. The Hall–Kier alpha value is -4.66. The Morgan fingerprint density at radius 2 is 1.34 bits per heavy atom. The van der Waals surface area contributed by atoms with Crippen LogP contribution in [0, 0.1) is 0 Å². The molecule has 0 aliphatic rings. The van der Waals surface area contributed by atoms with E-state index in [0.717, 1.165) is 0 Å². The molecule has 4 aromatic carbocycles. The lowest BCUT2D eigenvalue weighted by Crippen LogP contribution is -2.18. The summed E-state index contributed by atoms with van der Waals surface area (Å²) in [6.45, 7) is 0. The lowest BCUT2D eigenvalue weighted by Gasteiger charge is -2.11. The average Bonchev–Trinajstić information content (AvgIpc) is 2.90. The van der Waals surface area contributed by atoms with Gasteiger partial charge in [0.15, 0.2) is 0 Å². The normalized spacial score (nSPS) is 10.7. The number of nitrogens with zero attached hydrogens (tertiary/aromatic N) is 1. The summed E-state index contributed by atoms with van der Waals surface area (Å²) in [5.74, 6) is -2.09. The number of ether oxygens (including phenoxy) is 2. The highest BCUT2D eigenvalue weighted by molar-refractivity contribution is 6.31. The van der Waals surface area contributed by atoms with Gasteiger partial charge in [0.05, 0.1) is 22.9 Å². The Morgan fingerprint density at radius 3 is 1.95 bits per heavy atom. The molecule has 0 aromatic heterocycles. The zero-order chi connectivity index (χ0) is 27.1. The van der Waals surface area contributed by atoms with Gasteiger partial charge in [-0.3, -0.25) is 4.79 Å². The number of amides is 1. The second-order valence-electron chi connectivity index (χ2n) is 7.71. The van der Waals surface area contributed by atoms with Gasteiger partial charge in [-0.1, -0.05) is 35.3 Å². The van der Waals surface area contributed by atoms with Gasteiger partial charge in [-0.05, 0) is 72.8 Å². The van der Waals surface area contributed by atoms with Gasteiger partial charge in [0.2, 0.25) is 0 Å². The molecule has 0 fully saturated rings. The van der Waals surface area contributed by atoms with E-state index in [0.29, 0.717) is 10.0 Å². The number of carbonyl (C=O) groups excluding carboxylic acids is 3. The third-order valence-corrected chi connectivity index (χ3v) is 5.58. The van der Waals surface area contributed by atoms with Gasteiger partial charge in [0, 0.05) is 21.7 Å². The molecule has 4 rings (SSSR count). The minimum absolute atomic E-state index is 0.00640. The predicted molar refractivity (Wildman–Crippen MR) is 142 cm³/mol. The van der Waals surface area contributed by atoms with Crippen molar-refractivity contribution in [2.24, 2.45) is 5.10 Å². The highest BCUT2D eigenvalue weighted by atomic mass is 35.5. The van der Waals surface area contributed by atoms with Crippen molar-refractivity contribution in [1.29, 1.82) is 0 Å². The van der Waals surface area contributed by atoms with E-state index in [2.05, 4.69) is 10.5 Å². The fourth-order valence-electron chi connectivity index (χ4n) is 3.16. The van der Waals surface area contributed by atoms with Gasteiger partial charge in [-0.25, -0.2) is 15.0 Å². The first-order chi connectivity index (χ1) is 18.3. The number of aromatic hydroxyl groups is 1. The number of carbonyl (C=O) groups is 3. The molecule has 0 unspecified atom stereocenters. The Balaban J connectivity index is 1.57. The average molecular weight is 549 g/mol. The summed E-state index contributed by atoms with van der Waals surface area (Å²) in [5, 5.41) is 14.6. The molecule has 0 aliphatic heterocycles. The number of hydrazone groups is 1. The molecule has 190 valence electrons. The summed E-state index contributed by atoms with van der Waals surface area (Å²) in [5.41, 5.74) is 3.12. The van der Waals surface area contributed by atoms with Crippen molar-refractivity contribution in [3.05, 3.63) is 123 Å². The summed E-state index contributed by atoms with van der Waals surface area (Å²) in [7, 11) is 0. The van der Waals surface area contributed by atoms with Crippen LogP contribution in [0.5, 0.6) is 17.2 Å². The highest BCUT2D eigenvalue weighted by Gasteiger charge is 2.15. The minimum atomic E-state index is -0.698. The molecule has 0 heterocycles. The highest BCUT2D eigenvalue weighted by Crippen LogP contribution is 2.26. The van der Waals surface area contributed by atoms with Crippen LogP contribution in [0.15, 0.2) is 96.1 Å². The summed E-state index contributed by atoms with van der Waals surface area (Å²) < 4.78 is 11.0. The van der Waals surface area contributed by atoms with Gasteiger partial charge in [-0.15, -0.1) is 0 Å². The largest absolute Gasteiger partial charge is 0.507 e. The van der Waals surface area contributed by atoms with Crippen LogP contribution in [0.3, 0.4) is 0 Å². The molecule has 38 heavy (non-hydrogen) atoms. The Kier molecular flexibility index (Phi) is 8.37. The summed E-state index contributed by atoms with van der Waals surface area (Å²) in [6.07, 6.45) is 1.24. The maximum absolute atomic E-state index is 12.7. The minimum Gasteiger partial charge on any atom is -0.507 e. The molecule has 0 spiro atoms. The number of hydrogen-bond acceptors (Lipinski definition) is 7. The molecule has 0 aliphatic carbocycles. The van der Waals surface area contributed by atoms with Crippen molar-refractivity contribution in [2.45, 2.75) is 0 Å². The van der Waals surface area contributed by atoms with E-state index in [-0.39, 0.29) is 39.5 Å². The summed E-state index contributed by atoms with van der Waals surface area (Å²) in [6, 6.07) is 22.5. The monoisotopic (exact) mass is 548 g/mol. The van der Waals surface area contributed by atoms with Crippen LogP contribution in [0.25, 0.3) is 0 Å². The number of benzene rings is 4. The molecule has 0 radical (unpaired) electrons. The van der Waals surface area contributed by atoms with Crippen molar-refractivity contribution in [2.75, 3.05) is 0 Å². The number of halogens is 2. The first kappa shape index (κ1) is 26.4. The van der Waals surface area contributed by atoms with Crippen molar-refractivity contribution in [3.8, 4) is 17.2 Å². The SMILES string of the molecule is O=C(Oc1ccc(/C=N\NC(=O)c2ccccc2O)c(OC(=O)c2ccc(Cl)cc2)c1)c1ccc(Cl)cc1. The fourth-order valence-corrected chi connectivity index (χ4v) is 3.41. The van der Waals surface area contributed by atoms with Crippen molar-refractivity contribution >= 4 is 47.3 Å². The van der Waals surface area contributed by atoms with Gasteiger partial charge in [-0.2, -0.15) is 5.10 Å². The molecular formula is C28H18Cl2N2O6.